The van der Waals surface area contributed by atoms with Crippen LogP contribution >= 0.6 is 23.2 Å². The standard InChI is InChI=1S/C19H24Cl2N2O3/c1-2-25-9-10-26-16-5-3-14(4-6-16)7-8-22-13-18(24)17-11-15(20)12-19(21)23-17/h3-6,11-12,18,22,24H,2,7-10,13H2,1H3. The Kier molecular flexibility index (Phi) is 9.15. The molecule has 2 aromatic rings. The number of aliphatic hydroxyl groups is 1. The summed E-state index contributed by atoms with van der Waals surface area (Å²) in [5.74, 6) is 0.834. The van der Waals surface area contributed by atoms with Crippen LogP contribution in [0.5, 0.6) is 5.75 Å². The van der Waals surface area contributed by atoms with Gasteiger partial charge in [0.15, 0.2) is 0 Å². The molecular formula is C19H24Cl2N2O3. The van der Waals surface area contributed by atoms with Crippen molar-refractivity contribution >= 4 is 23.2 Å². The number of ether oxygens (including phenoxy) is 2. The Morgan fingerprint density at radius 3 is 2.62 bits per heavy atom. The van der Waals surface area contributed by atoms with Crippen molar-refractivity contribution < 1.29 is 14.6 Å². The Labute approximate surface area is 164 Å². The molecule has 0 aliphatic carbocycles. The zero-order valence-electron chi connectivity index (χ0n) is 14.8. The number of halogens is 2. The maximum atomic E-state index is 10.2. The highest BCUT2D eigenvalue weighted by Gasteiger charge is 2.10. The normalized spacial score (nSPS) is 12.2. The van der Waals surface area contributed by atoms with E-state index in [0.717, 1.165) is 18.7 Å². The summed E-state index contributed by atoms with van der Waals surface area (Å²) < 4.78 is 10.8. The van der Waals surface area contributed by atoms with E-state index < -0.39 is 6.10 Å². The number of nitrogens with zero attached hydrogens (tertiary/aromatic N) is 1. The fourth-order valence-electron chi connectivity index (χ4n) is 2.35. The second-order valence-corrected chi connectivity index (χ2v) is 6.52. The SMILES string of the molecule is CCOCCOc1ccc(CCNCC(O)c2cc(Cl)cc(Cl)n2)cc1. The van der Waals surface area contributed by atoms with Crippen molar-refractivity contribution in [3.63, 3.8) is 0 Å². The highest BCUT2D eigenvalue weighted by Crippen LogP contribution is 2.19. The lowest BCUT2D eigenvalue weighted by molar-refractivity contribution is 0.110. The van der Waals surface area contributed by atoms with Crippen molar-refractivity contribution in [1.82, 2.24) is 10.3 Å². The molecule has 2 N–H and O–H groups in total. The van der Waals surface area contributed by atoms with Crippen molar-refractivity contribution in [2.45, 2.75) is 19.4 Å². The number of aromatic nitrogens is 1. The zero-order chi connectivity index (χ0) is 18.8. The van der Waals surface area contributed by atoms with Crippen LogP contribution in [-0.2, 0) is 11.2 Å². The molecule has 0 aliphatic rings. The van der Waals surface area contributed by atoms with Crippen molar-refractivity contribution in [3.8, 4) is 5.75 Å². The van der Waals surface area contributed by atoms with E-state index in [4.69, 9.17) is 32.7 Å². The average molecular weight is 399 g/mol. The summed E-state index contributed by atoms with van der Waals surface area (Å²) in [5, 5.41) is 14.1. The molecule has 0 aliphatic heterocycles. The summed E-state index contributed by atoms with van der Waals surface area (Å²) in [6.07, 6.45) is 0.0858. The van der Waals surface area contributed by atoms with Crippen molar-refractivity contribution in [2.24, 2.45) is 0 Å². The smallest absolute Gasteiger partial charge is 0.130 e. The summed E-state index contributed by atoms with van der Waals surface area (Å²) >= 11 is 11.8. The van der Waals surface area contributed by atoms with Crippen LogP contribution in [0.2, 0.25) is 10.2 Å². The summed E-state index contributed by atoms with van der Waals surface area (Å²) in [6.45, 7) is 4.91. The molecule has 2 rings (SSSR count). The van der Waals surface area contributed by atoms with Crippen LogP contribution in [0, 0.1) is 0 Å². The maximum absolute atomic E-state index is 10.2. The largest absolute Gasteiger partial charge is 0.491 e. The van der Waals surface area contributed by atoms with Gasteiger partial charge in [-0.3, -0.25) is 0 Å². The Morgan fingerprint density at radius 1 is 1.15 bits per heavy atom. The molecular weight excluding hydrogens is 375 g/mol. The minimum atomic E-state index is -0.757. The van der Waals surface area contributed by atoms with Crippen molar-refractivity contribution in [2.75, 3.05) is 32.9 Å². The van der Waals surface area contributed by atoms with E-state index in [1.807, 2.05) is 31.2 Å². The molecule has 0 radical (unpaired) electrons. The second-order valence-electron chi connectivity index (χ2n) is 5.69. The van der Waals surface area contributed by atoms with Gasteiger partial charge in [-0.05, 0) is 49.7 Å². The second kappa shape index (κ2) is 11.4. The molecule has 7 heteroatoms. The molecule has 0 amide bonds. The lowest BCUT2D eigenvalue weighted by Crippen LogP contribution is -2.24. The molecule has 1 heterocycles. The Balaban J connectivity index is 1.69. The molecule has 1 aromatic carbocycles. The molecule has 5 nitrogen and oxygen atoms in total. The number of rotatable bonds is 11. The van der Waals surface area contributed by atoms with Crippen LogP contribution in [0.25, 0.3) is 0 Å². The van der Waals surface area contributed by atoms with E-state index in [0.29, 0.717) is 37.1 Å². The van der Waals surface area contributed by atoms with Crippen LogP contribution in [0.4, 0.5) is 0 Å². The Bertz CT molecular complexity index is 648. The van der Waals surface area contributed by atoms with Crippen LogP contribution in [-0.4, -0.2) is 43.0 Å². The Hall–Kier alpha value is -1.37. The van der Waals surface area contributed by atoms with Gasteiger partial charge in [-0.1, -0.05) is 35.3 Å². The van der Waals surface area contributed by atoms with Crippen LogP contribution in [0.15, 0.2) is 36.4 Å². The first-order valence-corrected chi connectivity index (χ1v) is 9.35. The topological polar surface area (TPSA) is 63.6 Å². The highest BCUT2D eigenvalue weighted by atomic mass is 35.5. The lowest BCUT2D eigenvalue weighted by atomic mass is 10.1. The first kappa shape index (κ1) is 20.9. The van der Waals surface area contributed by atoms with Crippen LogP contribution in [0.1, 0.15) is 24.3 Å². The van der Waals surface area contributed by atoms with E-state index in [1.165, 1.54) is 11.6 Å². The molecule has 142 valence electrons. The van der Waals surface area contributed by atoms with E-state index in [2.05, 4.69) is 10.3 Å². The van der Waals surface area contributed by atoms with E-state index >= 15 is 0 Å². The molecule has 0 bridgehead atoms. The average Bonchev–Trinajstić information content (AvgIpc) is 2.62. The van der Waals surface area contributed by atoms with Gasteiger partial charge in [-0.2, -0.15) is 0 Å². The molecule has 0 saturated heterocycles. The van der Waals surface area contributed by atoms with Gasteiger partial charge in [0.25, 0.3) is 0 Å². The fraction of sp³-hybridized carbons (Fsp3) is 0.421. The van der Waals surface area contributed by atoms with Gasteiger partial charge in [0.2, 0.25) is 0 Å². The molecule has 1 unspecified atom stereocenters. The fourth-order valence-corrected chi connectivity index (χ4v) is 2.83. The third kappa shape index (κ3) is 7.48. The summed E-state index contributed by atoms with van der Waals surface area (Å²) in [5.41, 5.74) is 1.65. The predicted molar refractivity (Wildman–Crippen MR) is 104 cm³/mol. The summed E-state index contributed by atoms with van der Waals surface area (Å²) in [7, 11) is 0. The minimum absolute atomic E-state index is 0.273. The number of hydrogen-bond donors (Lipinski definition) is 2. The van der Waals surface area contributed by atoms with Crippen LogP contribution in [0.3, 0.4) is 0 Å². The van der Waals surface area contributed by atoms with Crippen molar-refractivity contribution in [1.29, 1.82) is 0 Å². The molecule has 0 spiro atoms. The van der Waals surface area contributed by atoms with Gasteiger partial charge in [0.1, 0.15) is 23.6 Å². The van der Waals surface area contributed by atoms with Gasteiger partial charge >= 0.3 is 0 Å². The molecule has 0 saturated carbocycles. The predicted octanol–water partition coefficient (Wildman–Crippen LogP) is 3.67. The third-order valence-electron chi connectivity index (χ3n) is 3.67. The number of aliphatic hydroxyl groups excluding tert-OH is 1. The molecule has 0 fully saturated rings. The molecule has 1 aromatic heterocycles. The Morgan fingerprint density at radius 2 is 1.92 bits per heavy atom. The first-order valence-electron chi connectivity index (χ1n) is 8.59. The zero-order valence-corrected chi connectivity index (χ0v) is 16.3. The summed E-state index contributed by atoms with van der Waals surface area (Å²) in [4.78, 5) is 4.08. The van der Waals surface area contributed by atoms with Crippen LogP contribution < -0.4 is 10.1 Å². The van der Waals surface area contributed by atoms with E-state index in [1.54, 1.807) is 6.07 Å². The minimum Gasteiger partial charge on any atom is -0.491 e. The van der Waals surface area contributed by atoms with Gasteiger partial charge < -0.3 is 19.9 Å². The maximum Gasteiger partial charge on any atom is 0.130 e. The first-order chi connectivity index (χ1) is 12.6. The monoisotopic (exact) mass is 398 g/mol. The third-order valence-corrected chi connectivity index (χ3v) is 4.08. The number of benzene rings is 1. The van der Waals surface area contributed by atoms with Crippen molar-refractivity contribution in [3.05, 3.63) is 57.8 Å². The highest BCUT2D eigenvalue weighted by molar-refractivity contribution is 6.33. The quantitative estimate of drug-likeness (QED) is 0.446. The molecule has 26 heavy (non-hydrogen) atoms. The van der Waals surface area contributed by atoms with Gasteiger partial charge in [-0.25, -0.2) is 4.98 Å². The van der Waals surface area contributed by atoms with E-state index in [-0.39, 0.29) is 5.15 Å². The molecule has 1 atom stereocenters. The van der Waals surface area contributed by atoms with Gasteiger partial charge in [0.05, 0.1) is 12.3 Å². The van der Waals surface area contributed by atoms with Gasteiger partial charge in [0, 0.05) is 18.2 Å². The number of hydrogen-bond acceptors (Lipinski definition) is 5. The lowest BCUT2D eigenvalue weighted by Gasteiger charge is -2.12. The number of nitrogens with one attached hydrogen (secondary N) is 1. The summed E-state index contributed by atoms with van der Waals surface area (Å²) in [6, 6.07) is 11.1. The number of pyridine rings is 1. The van der Waals surface area contributed by atoms with Gasteiger partial charge in [-0.15, -0.1) is 0 Å². The van der Waals surface area contributed by atoms with E-state index in [9.17, 15) is 5.11 Å².